The molecule has 1 saturated heterocycles. The fourth-order valence-corrected chi connectivity index (χ4v) is 5.81. The molecule has 0 aliphatic carbocycles. The molecule has 6 nitrogen and oxygen atoms in total. The number of benzene rings is 1. The molecule has 1 atom stereocenters. The summed E-state index contributed by atoms with van der Waals surface area (Å²) in [5.74, 6) is -0.978. The standard InChI is InChI=1S/C29H40N3O3.Al/c1-18-23(21-8-9-22-17-30-13-10-20(22)16-21)25(32-14-11-29(6,7)12-15-32)24(19(2)31-18)26(27(33)34)35-28(3,4)5;/h8-9,16,26H,10-15,17H2,1-7H3,(H,33,34);/q-1;+1/t26-;/m0./s1. The zero-order chi connectivity index (χ0) is 26.4. The lowest BCUT2D eigenvalue weighted by Gasteiger charge is -2.41. The van der Waals surface area contributed by atoms with Gasteiger partial charge in [-0.15, -0.1) is 0 Å². The number of nitrogens with zero attached hydrogens (tertiary/aromatic N) is 3. The zero-order valence-corrected chi connectivity index (χ0v) is 24.1. The van der Waals surface area contributed by atoms with Crippen molar-refractivity contribution in [3.63, 3.8) is 0 Å². The Balaban J connectivity index is 1.94. The van der Waals surface area contributed by atoms with Gasteiger partial charge in [0.15, 0.2) is 6.10 Å². The van der Waals surface area contributed by atoms with Crippen LogP contribution in [0.2, 0.25) is 0 Å². The van der Waals surface area contributed by atoms with Gasteiger partial charge >= 0.3 is 5.97 Å². The van der Waals surface area contributed by atoms with E-state index in [1.807, 2.05) is 34.6 Å². The molecule has 2 aromatic rings. The molecule has 0 saturated carbocycles. The second-order valence-corrected chi connectivity index (χ2v) is 13.0. The molecule has 4 rings (SSSR count). The van der Waals surface area contributed by atoms with E-state index in [1.54, 1.807) is 0 Å². The maximum Gasteiger partial charge on any atom is 0.337 e. The number of aromatic nitrogens is 1. The minimum atomic E-state index is -1.09. The Labute approximate surface area is 224 Å². The maximum absolute atomic E-state index is 12.6. The molecule has 0 amide bonds. The first-order valence-corrected chi connectivity index (χ1v) is 13.6. The summed E-state index contributed by atoms with van der Waals surface area (Å²) in [6.45, 7) is 18.0. The highest BCUT2D eigenvalue weighted by Gasteiger charge is 2.36. The average Bonchev–Trinajstić information content (AvgIpc) is 2.76. The Morgan fingerprint density at radius 2 is 1.78 bits per heavy atom. The number of aliphatic carboxylic acids is 1. The van der Waals surface area contributed by atoms with E-state index >= 15 is 0 Å². The van der Waals surface area contributed by atoms with Crippen molar-refractivity contribution < 1.29 is 14.6 Å². The van der Waals surface area contributed by atoms with Gasteiger partial charge in [0.1, 0.15) is 0 Å². The van der Waals surface area contributed by atoms with Crippen LogP contribution >= 0.6 is 0 Å². The van der Waals surface area contributed by atoms with Crippen LogP contribution in [-0.2, 0) is 22.5 Å². The van der Waals surface area contributed by atoms with Gasteiger partial charge in [-0.2, -0.15) is 0 Å². The van der Waals surface area contributed by atoms with Gasteiger partial charge in [0, 0.05) is 42.1 Å². The van der Waals surface area contributed by atoms with Crippen LogP contribution in [0, 0.1) is 19.3 Å². The SMILES string of the molecule is Cc1nc(C)c([C@H](OC(C)(C)C)C(=O)O)c(N2CCC(C)(C)CC2)c1-c1ccc2c(c1)CC[N]([Al])C2. The number of carboxylic acid groups (broad SMARTS) is 1. The molecule has 7 heteroatoms. The number of aryl methyl sites for hydroxylation is 2. The van der Waals surface area contributed by atoms with Crippen molar-refractivity contribution in [3.8, 4) is 11.1 Å². The van der Waals surface area contributed by atoms with Crippen LogP contribution in [0.3, 0.4) is 0 Å². The minimum Gasteiger partial charge on any atom is -0.479 e. The molecule has 3 heterocycles. The second-order valence-electron chi connectivity index (χ2n) is 12.2. The lowest BCUT2D eigenvalue weighted by Crippen LogP contribution is -2.39. The van der Waals surface area contributed by atoms with Crippen molar-refractivity contribution in [2.45, 2.75) is 86.0 Å². The van der Waals surface area contributed by atoms with Gasteiger partial charge in [0.25, 0.3) is 16.5 Å². The van der Waals surface area contributed by atoms with Crippen molar-refractivity contribution in [2.24, 2.45) is 5.41 Å². The van der Waals surface area contributed by atoms with Crippen LogP contribution in [0.15, 0.2) is 18.2 Å². The Morgan fingerprint density at radius 1 is 1.11 bits per heavy atom. The third kappa shape index (κ3) is 5.81. The molecule has 2 radical (unpaired) electrons. The Morgan fingerprint density at radius 3 is 2.39 bits per heavy atom. The summed E-state index contributed by atoms with van der Waals surface area (Å²) in [4.78, 5) is 19.9. The summed E-state index contributed by atoms with van der Waals surface area (Å²) in [6.07, 6.45) is 2.01. The number of ether oxygens (including phenoxy) is 1. The van der Waals surface area contributed by atoms with E-state index in [-0.39, 0.29) is 5.41 Å². The molecule has 36 heavy (non-hydrogen) atoms. The summed E-state index contributed by atoms with van der Waals surface area (Å²) in [5, 5.41) is 10.4. The Bertz CT molecular complexity index is 1150. The van der Waals surface area contributed by atoms with E-state index in [0.29, 0.717) is 5.56 Å². The fourth-order valence-electron chi connectivity index (χ4n) is 5.49. The van der Waals surface area contributed by atoms with Gasteiger partial charge in [-0.05, 0) is 82.5 Å². The summed E-state index contributed by atoms with van der Waals surface area (Å²) in [5.41, 5.74) is 7.84. The van der Waals surface area contributed by atoms with E-state index in [1.165, 1.54) is 11.1 Å². The predicted molar refractivity (Wildman–Crippen MR) is 145 cm³/mol. The lowest BCUT2D eigenvalue weighted by atomic mass is 9.81. The molecule has 2 aliphatic rings. The number of carbonyl (C=O) groups is 1. The summed E-state index contributed by atoms with van der Waals surface area (Å²) < 4.78 is 8.46. The summed E-state index contributed by atoms with van der Waals surface area (Å²) >= 11 is 2.81. The van der Waals surface area contributed by atoms with Crippen molar-refractivity contribution in [2.75, 3.05) is 24.5 Å². The van der Waals surface area contributed by atoms with Gasteiger partial charge in [-0.3, -0.25) is 4.98 Å². The van der Waals surface area contributed by atoms with Crippen molar-refractivity contribution >= 4 is 28.2 Å². The van der Waals surface area contributed by atoms with Crippen LogP contribution in [-0.4, -0.2) is 61.7 Å². The minimum absolute atomic E-state index is 0.276. The highest BCUT2D eigenvalue weighted by molar-refractivity contribution is 6.04. The topological polar surface area (TPSA) is 65.9 Å². The normalized spacial score (nSPS) is 19.1. The number of pyridine rings is 1. The fraction of sp³-hybridized carbons (Fsp3) is 0.586. The first-order valence-electron chi connectivity index (χ1n) is 13.0. The van der Waals surface area contributed by atoms with Crippen LogP contribution < -0.4 is 4.90 Å². The zero-order valence-electron chi connectivity index (χ0n) is 22.9. The van der Waals surface area contributed by atoms with E-state index < -0.39 is 17.7 Å². The lowest BCUT2D eigenvalue weighted by molar-refractivity contribution is -0.160. The number of hydrogen-bond donors (Lipinski definition) is 1. The molecule has 0 unspecified atom stereocenters. The maximum atomic E-state index is 12.6. The predicted octanol–water partition coefficient (Wildman–Crippen LogP) is 5.37. The molecule has 1 aromatic carbocycles. The molecule has 1 aromatic heterocycles. The number of piperidine rings is 1. The molecule has 192 valence electrons. The summed E-state index contributed by atoms with van der Waals surface area (Å²) in [6, 6.07) is 6.71. The van der Waals surface area contributed by atoms with Crippen molar-refractivity contribution in [3.05, 3.63) is 46.3 Å². The number of rotatable bonds is 5. The molecular formula is C29H40AlN3O3. The van der Waals surface area contributed by atoms with E-state index in [2.05, 4.69) is 57.3 Å². The van der Waals surface area contributed by atoms with Gasteiger partial charge < -0.3 is 18.6 Å². The van der Waals surface area contributed by atoms with Gasteiger partial charge in [-0.1, -0.05) is 32.0 Å². The van der Waals surface area contributed by atoms with Crippen LogP contribution in [0.25, 0.3) is 11.1 Å². The number of fused-ring (bicyclic) bond motifs is 1. The highest BCUT2D eigenvalue weighted by atomic mass is 27.1. The first-order chi connectivity index (χ1) is 16.8. The van der Waals surface area contributed by atoms with Crippen molar-refractivity contribution in [1.29, 1.82) is 0 Å². The van der Waals surface area contributed by atoms with Gasteiger partial charge in [0.2, 0.25) is 0 Å². The third-order valence-electron chi connectivity index (χ3n) is 7.51. The van der Waals surface area contributed by atoms with Crippen LogP contribution in [0.4, 0.5) is 5.69 Å². The van der Waals surface area contributed by atoms with E-state index in [0.717, 1.165) is 73.6 Å². The number of anilines is 1. The van der Waals surface area contributed by atoms with Crippen LogP contribution in [0.1, 0.15) is 81.6 Å². The third-order valence-corrected chi connectivity index (χ3v) is 7.95. The summed E-state index contributed by atoms with van der Waals surface area (Å²) in [7, 11) is 0. The largest absolute Gasteiger partial charge is 0.479 e. The highest BCUT2D eigenvalue weighted by Crippen LogP contribution is 2.45. The Kier molecular flexibility index (Phi) is 7.61. The molecule has 1 fully saturated rings. The van der Waals surface area contributed by atoms with E-state index in [9.17, 15) is 9.90 Å². The second kappa shape index (κ2) is 10.1. The average molecular weight is 506 g/mol. The molecule has 0 spiro atoms. The number of carboxylic acids is 1. The first kappa shape index (κ1) is 27.1. The van der Waals surface area contributed by atoms with Crippen molar-refractivity contribution in [1.82, 2.24) is 8.87 Å². The molecule has 2 aliphatic heterocycles. The van der Waals surface area contributed by atoms with E-state index in [4.69, 9.17) is 9.72 Å². The monoisotopic (exact) mass is 505 g/mol. The Hall–Kier alpha value is -1.91. The molecule has 1 N–H and O–H groups in total. The number of hydrogen-bond acceptors (Lipinski definition) is 5. The van der Waals surface area contributed by atoms with Gasteiger partial charge in [-0.25, -0.2) is 4.79 Å². The smallest absolute Gasteiger partial charge is 0.337 e. The molecular weight excluding hydrogens is 465 g/mol. The van der Waals surface area contributed by atoms with Gasteiger partial charge in [0.05, 0.1) is 11.3 Å². The van der Waals surface area contributed by atoms with Crippen LogP contribution in [0.5, 0.6) is 0 Å². The molecule has 0 bridgehead atoms. The quantitative estimate of drug-likeness (QED) is 0.551.